The highest BCUT2D eigenvalue weighted by molar-refractivity contribution is 6.01. The van der Waals surface area contributed by atoms with E-state index in [-0.39, 0.29) is 5.75 Å². The summed E-state index contributed by atoms with van der Waals surface area (Å²) in [6.45, 7) is 2.08. The fourth-order valence-electron chi connectivity index (χ4n) is 1.89. The van der Waals surface area contributed by atoms with E-state index < -0.39 is 0 Å². The Kier molecular flexibility index (Phi) is 2.86. The van der Waals surface area contributed by atoms with Crippen molar-refractivity contribution in [2.45, 2.75) is 19.8 Å². The van der Waals surface area contributed by atoms with Gasteiger partial charge >= 0.3 is 0 Å². The molecule has 0 aliphatic rings. The molecule has 0 fully saturated rings. The molecule has 3 heteroatoms. The number of carbonyl (C=O) groups is 1. The van der Waals surface area contributed by atoms with E-state index in [0.29, 0.717) is 11.8 Å². The molecular weight excluding hydrogens is 202 g/mol. The van der Waals surface area contributed by atoms with Gasteiger partial charge in [0.15, 0.2) is 6.29 Å². The molecule has 0 saturated heterocycles. The zero-order valence-corrected chi connectivity index (χ0v) is 9.10. The molecule has 16 heavy (non-hydrogen) atoms. The summed E-state index contributed by atoms with van der Waals surface area (Å²) in [5.41, 5.74) is 1.32. The summed E-state index contributed by atoms with van der Waals surface area (Å²) < 4.78 is 0. The second-order valence-electron chi connectivity index (χ2n) is 3.72. The summed E-state index contributed by atoms with van der Waals surface area (Å²) >= 11 is 0. The summed E-state index contributed by atoms with van der Waals surface area (Å²) in [7, 11) is 0. The highest BCUT2D eigenvalue weighted by atomic mass is 16.3. The first-order valence-corrected chi connectivity index (χ1v) is 5.32. The standard InChI is InChI=1S/C13H13NO2/c1-2-3-12-10-4-5-13(16)11(8-15)9(10)6-7-14-12/h4-8,16H,2-3H2,1H3. The predicted octanol–water partition coefficient (Wildman–Crippen LogP) is 2.71. The SMILES string of the molecule is CCCc1nccc2c(C=O)c(O)ccc12. The van der Waals surface area contributed by atoms with Gasteiger partial charge in [-0.1, -0.05) is 13.3 Å². The van der Waals surface area contributed by atoms with Crippen LogP contribution >= 0.6 is 0 Å². The molecule has 82 valence electrons. The molecular formula is C13H13NO2. The van der Waals surface area contributed by atoms with Crippen molar-refractivity contribution in [3.63, 3.8) is 0 Å². The molecule has 0 unspecified atom stereocenters. The molecule has 1 aromatic carbocycles. The molecule has 1 N–H and O–H groups in total. The van der Waals surface area contributed by atoms with E-state index >= 15 is 0 Å². The number of aromatic nitrogens is 1. The lowest BCUT2D eigenvalue weighted by atomic mass is 10.0. The Bertz CT molecular complexity index is 535. The van der Waals surface area contributed by atoms with Crippen molar-refractivity contribution in [3.05, 3.63) is 35.7 Å². The third-order valence-electron chi connectivity index (χ3n) is 2.65. The van der Waals surface area contributed by atoms with Crippen molar-refractivity contribution < 1.29 is 9.90 Å². The highest BCUT2D eigenvalue weighted by Crippen LogP contribution is 2.27. The molecule has 2 aromatic rings. The third-order valence-corrected chi connectivity index (χ3v) is 2.65. The van der Waals surface area contributed by atoms with Gasteiger partial charge in [0.25, 0.3) is 0 Å². The summed E-state index contributed by atoms with van der Waals surface area (Å²) in [5.74, 6) is 0.0242. The largest absolute Gasteiger partial charge is 0.507 e. The molecule has 3 nitrogen and oxygen atoms in total. The van der Waals surface area contributed by atoms with Crippen LogP contribution in [0.3, 0.4) is 0 Å². The van der Waals surface area contributed by atoms with Gasteiger partial charge in [-0.05, 0) is 30.0 Å². The number of hydrogen-bond donors (Lipinski definition) is 1. The minimum atomic E-state index is 0.0242. The Labute approximate surface area is 93.7 Å². The molecule has 0 aliphatic carbocycles. The number of phenols is 1. The number of hydrogen-bond acceptors (Lipinski definition) is 3. The fraction of sp³-hybridized carbons (Fsp3) is 0.231. The van der Waals surface area contributed by atoms with E-state index in [0.717, 1.165) is 29.3 Å². The molecule has 0 amide bonds. The lowest BCUT2D eigenvalue weighted by Crippen LogP contribution is -1.93. The van der Waals surface area contributed by atoms with Crippen LogP contribution in [0.2, 0.25) is 0 Å². The van der Waals surface area contributed by atoms with Crippen molar-refractivity contribution in [1.82, 2.24) is 4.98 Å². The maximum absolute atomic E-state index is 10.9. The molecule has 1 aromatic heterocycles. The van der Waals surface area contributed by atoms with Crippen molar-refractivity contribution in [2.75, 3.05) is 0 Å². The van der Waals surface area contributed by atoms with E-state index in [2.05, 4.69) is 11.9 Å². The number of carbonyl (C=O) groups excluding carboxylic acids is 1. The highest BCUT2D eigenvalue weighted by Gasteiger charge is 2.08. The maximum atomic E-state index is 10.9. The molecule has 0 spiro atoms. The Morgan fingerprint density at radius 2 is 2.12 bits per heavy atom. The minimum absolute atomic E-state index is 0.0242. The number of benzene rings is 1. The number of phenolic OH excluding ortho intramolecular Hbond substituents is 1. The maximum Gasteiger partial charge on any atom is 0.154 e. The summed E-state index contributed by atoms with van der Waals surface area (Å²) in [6, 6.07) is 5.13. The fourth-order valence-corrected chi connectivity index (χ4v) is 1.89. The summed E-state index contributed by atoms with van der Waals surface area (Å²) in [4.78, 5) is 15.2. The quantitative estimate of drug-likeness (QED) is 0.801. The number of aryl methyl sites for hydroxylation is 1. The van der Waals surface area contributed by atoms with Gasteiger partial charge in [-0.3, -0.25) is 9.78 Å². The van der Waals surface area contributed by atoms with Crippen LogP contribution < -0.4 is 0 Å². The van der Waals surface area contributed by atoms with Crippen LogP contribution in [0.1, 0.15) is 29.4 Å². The van der Waals surface area contributed by atoms with E-state index in [9.17, 15) is 9.90 Å². The molecule has 1 heterocycles. The predicted molar refractivity (Wildman–Crippen MR) is 62.8 cm³/mol. The van der Waals surface area contributed by atoms with Gasteiger partial charge in [0, 0.05) is 17.3 Å². The first-order valence-electron chi connectivity index (χ1n) is 5.32. The normalized spacial score (nSPS) is 10.6. The smallest absolute Gasteiger partial charge is 0.154 e. The number of pyridine rings is 1. The molecule has 0 atom stereocenters. The van der Waals surface area contributed by atoms with Gasteiger partial charge < -0.3 is 5.11 Å². The van der Waals surface area contributed by atoms with Crippen LogP contribution in [0.5, 0.6) is 5.75 Å². The molecule has 0 aliphatic heterocycles. The van der Waals surface area contributed by atoms with Crippen molar-refractivity contribution in [3.8, 4) is 5.75 Å². The van der Waals surface area contributed by atoms with Crippen LogP contribution in [0.4, 0.5) is 0 Å². The van der Waals surface area contributed by atoms with Crippen LogP contribution in [0.15, 0.2) is 24.4 Å². The second kappa shape index (κ2) is 4.31. The van der Waals surface area contributed by atoms with Gasteiger partial charge in [-0.25, -0.2) is 0 Å². The summed E-state index contributed by atoms with van der Waals surface area (Å²) in [5, 5.41) is 11.3. The zero-order valence-electron chi connectivity index (χ0n) is 9.10. The molecule has 2 rings (SSSR count). The van der Waals surface area contributed by atoms with Crippen LogP contribution in [-0.2, 0) is 6.42 Å². The number of fused-ring (bicyclic) bond motifs is 1. The van der Waals surface area contributed by atoms with E-state index in [4.69, 9.17) is 0 Å². The number of aldehydes is 1. The van der Waals surface area contributed by atoms with Gasteiger partial charge in [-0.2, -0.15) is 0 Å². The zero-order chi connectivity index (χ0) is 11.5. The van der Waals surface area contributed by atoms with Crippen molar-refractivity contribution in [2.24, 2.45) is 0 Å². The first-order chi connectivity index (χ1) is 7.77. The summed E-state index contributed by atoms with van der Waals surface area (Å²) in [6.07, 6.45) is 4.25. The number of nitrogens with zero attached hydrogens (tertiary/aromatic N) is 1. The monoisotopic (exact) mass is 215 g/mol. The van der Waals surface area contributed by atoms with Crippen LogP contribution in [0, 0.1) is 0 Å². The third kappa shape index (κ3) is 1.65. The van der Waals surface area contributed by atoms with Gasteiger partial charge in [0.05, 0.1) is 5.56 Å². The van der Waals surface area contributed by atoms with Crippen LogP contribution in [0.25, 0.3) is 10.8 Å². The van der Waals surface area contributed by atoms with E-state index in [1.165, 1.54) is 0 Å². The Hall–Kier alpha value is -1.90. The molecule has 0 bridgehead atoms. The van der Waals surface area contributed by atoms with Gasteiger partial charge in [-0.15, -0.1) is 0 Å². The Morgan fingerprint density at radius 1 is 1.31 bits per heavy atom. The lowest BCUT2D eigenvalue weighted by Gasteiger charge is -2.07. The average Bonchev–Trinajstić information content (AvgIpc) is 2.29. The van der Waals surface area contributed by atoms with Crippen molar-refractivity contribution in [1.29, 1.82) is 0 Å². The second-order valence-corrected chi connectivity index (χ2v) is 3.72. The average molecular weight is 215 g/mol. The van der Waals surface area contributed by atoms with Gasteiger partial charge in [0.2, 0.25) is 0 Å². The van der Waals surface area contributed by atoms with E-state index in [1.54, 1.807) is 18.3 Å². The molecule has 0 saturated carbocycles. The van der Waals surface area contributed by atoms with Gasteiger partial charge in [0.1, 0.15) is 5.75 Å². The minimum Gasteiger partial charge on any atom is -0.507 e. The number of aromatic hydroxyl groups is 1. The number of rotatable bonds is 3. The molecule has 0 radical (unpaired) electrons. The Balaban J connectivity index is 2.76. The lowest BCUT2D eigenvalue weighted by molar-refractivity contribution is 0.112. The van der Waals surface area contributed by atoms with E-state index in [1.807, 2.05) is 6.07 Å². The van der Waals surface area contributed by atoms with Crippen LogP contribution in [-0.4, -0.2) is 16.4 Å². The first kappa shape index (κ1) is 10.6. The van der Waals surface area contributed by atoms with Crippen molar-refractivity contribution >= 4 is 17.1 Å². The topological polar surface area (TPSA) is 50.2 Å². The Morgan fingerprint density at radius 3 is 2.81 bits per heavy atom.